The number of hydrogen-bond acceptors (Lipinski definition) is 6. The van der Waals surface area contributed by atoms with Crippen LogP contribution in [0.15, 0.2) is 34.6 Å². The summed E-state index contributed by atoms with van der Waals surface area (Å²) in [6, 6.07) is 4.29. The van der Waals surface area contributed by atoms with E-state index in [0.29, 0.717) is 10.8 Å². The van der Waals surface area contributed by atoms with E-state index >= 15 is 0 Å². The molecule has 1 amide bonds. The number of halogens is 1. The van der Waals surface area contributed by atoms with Crippen LogP contribution in [0.2, 0.25) is 5.02 Å². The molecule has 1 heterocycles. The normalized spacial score (nSPS) is 11.7. The Morgan fingerprint density at radius 3 is 2.78 bits per heavy atom. The third-order valence-electron chi connectivity index (χ3n) is 2.71. The second-order valence-corrected chi connectivity index (χ2v) is 8.05. The van der Waals surface area contributed by atoms with Gasteiger partial charge in [0.2, 0.25) is 15.9 Å². The number of nitrogens with zero attached hydrogens (tertiary/aromatic N) is 3. The summed E-state index contributed by atoms with van der Waals surface area (Å²) in [4.78, 5) is 15.7. The fourth-order valence-electron chi connectivity index (χ4n) is 1.57. The van der Waals surface area contributed by atoms with Crippen molar-refractivity contribution in [2.24, 2.45) is 0 Å². The smallest absolute Gasteiger partial charge is 0.244 e. The first-order valence-corrected chi connectivity index (χ1v) is 9.11. The van der Waals surface area contributed by atoms with E-state index in [2.05, 4.69) is 20.5 Å². The largest absolute Gasteiger partial charge is 0.325 e. The predicted molar refractivity (Wildman–Crippen MR) is 88.1 cm³/mol. The second-order valence-electron chi connectivity index (χ2n) is 4.56. The van der Waals surface area contributed by atoms with Gasteiger partial charge in [0, 0.05) is 19.8 Å². The van der Waals surface area contributed by atoms with Gasteiger partial charge in [-0.15, -0.1) is 0 Å². The molecule has 0 saturated heterocycles. The van der Waals surface area contributed by atoms with Crippen molar-refractivity contribution in [2.45, 2.75) is 10.1 Å². The average Bonchev–Trinajstić information content (AvgIpc) is 3.00. The van der Waals surface area contributed by atoms with E-state index in [1.54, 1.807) is 0 Å². The number of amides is 1. The van der Waals surface area contributed by atoms with Gasteiger partial charge in [-0.25, -0.2) is 17.7 Å². The molecule has 2 aromatic rings. The molecule has 0 aliphatic rings. The number of sulfonamides is 1. The number of carbonyl (C=O) groups is 1. The molecule has 0 bridgehead atoms. The van der Waals surface area contributed by atoms with E-state index in [1.807, 2.05) is 0 Å². The van der Waals surface area contributed by atoms with Crippen LogP contribution in [0.1, 0.15) is 0 Å². The van der Waals surface area contributed by atoms with Crippen molar-refractivity contribution < 1.29 is 13.2 Å². The Balaban J connectivity index is 2.10. The molecule has 8 nitrogen and oxygen atoms in total. The third-order valence-corrected chi connectivity index (χ3v) is 5.88. The number of aromatic nitrogens is 3. The minimum absolute atomic E-state index is 0.0649. The van der Waals surface area contributed by atoms with E-state index < -0.39 is 10.0 Å². The van der Waals surface area contributed by atoms with Gasteiger partial charge < -0.3 is 5.32 Å². The summed E-state index contributed by atoms with van der Waals surface area (Å²) in [6.07, 6.45) is 1.35. The molecule has 0 spiro atoms. The van der Waals surface area contributed by atoms with Crippen molar-refractivity contribution in [3.63, 3.8) is 0 Å². The van der Waals surface area contributed by atoms with Gasteiger partial charge in [0.15, 0.2) is 5.16 Å². The lowest BCUT2D eigenvalue weighted by molar-refractivity contribution is -0.113. The number of rotatable bonds is 6. The monoisotopic (exact) mass is 375 g/mol. The molecule has 1 aromatic carbocycles. The molecule has 1 aromatic heterocycles. The molecule has 0 fully saturated rings. The van der Waals surface area contributed by atoms with Gasteiger partial charge >= 0.3 is 0 Å². The third kappa shape index (κ3) is 4.44. The van der Waals surface area contributed by atoms with E-state index in [-0.39, 0.29) is 21.6 Å². The molecule has 0 unspecified atom stereocenters. The molecule has 11 heteroatoms. The summed E-state index contributed by atoms with van der Waals surface area (Å²) in [6.45, 7) is 0. The van der Waals surface area contributed by atoms with E-state index in [1.165, 1.54) is 50.4 Å². The first-order valence-electron chi connectivity index (χ1n) is 6.31. The second kappa shape index (κ2) is 7.30. The zero-order valence-electron chi connectivity index (χ0n) is 12.3. The van der Waals surface area contributed by atoms with Gasteiger partial charge in [-0.3, -0.25) is 9.89 Å². The average molecular weight is 376 g/mol. The molecule has 0 aliphatic carbocycles. The highest BCUT2D eigenvalue weighted by Crippen LogP contribution is 2.27. The maximum absolute atomic E-state index is 12.2. The van der Waals surface area contributed by atoms with Crippen molar-refractivity contribution in [3.8, 4) is 0 Å². The number of thioether (sulfide) groups is 1. The minimum Gasteiger partial charge on any atom is -0.325 e. The topological polar surface area (TPSA) is 108 Å². The Morgan fingerprint density at radius 2 is 2.17 bits per heavy atom. The number of hydrogen-bond donors (Lipinski definition) is 2. The molecule has 2 rings (SSSR count). The first kappa shape index (κ1) is 17.7. The van der Waals surface area contributed by atoms with Gasteiger partial charge in [0.05, 0.1) is 10.8 Å². The van der Waals surface area contributed by atoms with Gasteiger partial charge in [0.25, 0.3) is 0 Å². The van der Waals surface area contributed by atoms with Crippen LogP contribution < -0.4 is 5.32 Å². The lowest BCUT2D eigenvalue weighted by Crippen LogP contribution is -2.23. The minimum atomic E-state index is -3.69. The zero-order valence-corrected chi connectivity index (χ0v) is 14.7. The Bertz CT molecular complexity index is 793. The van der Waals surface area contributed by atoms with Crippen molar-refractivity contribution in [3.05, 3.63) is 29.5 Å². The first-order chi connectivity index (χ1) is 10.8. The Morgan fingerprint density at radius 1 is 1.43 bits per heavy atom. The fraction of sp³-hybridized carbons (Fsp3) is 0.250. The summed E-state index contributed by atoms with van der Waals surface area (Å²) in [7, 11) is -0.877. The Kier molecular flexibility index (Phi) is 5.63. The Labute approximate surface area is 142 Å². The van der Waals surface area contributed by atoms with Gasteiger partial charge in [-0.05, 0) is 18.2 Å². The zero-order chi connectivity index (χ0) is 17.0. The van der Waals surface area contributed by atoms with Crippen molar-refractivity contribution in [1.29, 1.82) is 0 Å². The molecule has 0 radical (unpaired) electrons. The van der Waals surface area contributed by atoms with Crippen LogP contribution in [0.25, 0.3) is 0 Å². The quantitative estimate of drug-likeness (QED) is 0.739. The van der Waals surface area contributed by atoms with E-state index in [4.69, 9.17) is 11.6 Å². The molecule has 0 atom stereocenters. The highest BCUT2D eigenvalue weighted by Gasteiger charge is 2.21. The fourth-order valence-corrected chi connectivity index (χ4v) is 3.54. The molecular formula is C12H14ClN5O3S2. The number of anilines is 1. The van der Waals surface area contributed by atoms with Crippen LogP contribution in [0.5, 0.6) is 0 Å². The van der Waals surface area contributed by atoms with Crippen LogP contribution in [-0.2, 0) is 14.8 Å². The summed E-state index contributed by atoms with van der Waals surface area (Å²) in [5.41, 5.74) is 0.345. The van der Waals surface area contributed by atoms with Crippen molar-refractivity contribution in [2.75, 3.05) is 25.2 Å². The number of aromatic amines is 1. The summed E-state index contributed by atoms with van der Waals surface area (Å²) in [5.74, 6) is -0.199. The van der Waals surface area contributed by atoms with Crippen molar-refractivity contribution in [1.82, 2.24) is 19.5 Å². The maximum atomic E-state index is 12.2. The Hall–Kier alpha value is -1.62. The van der Waals surface area contributed by atoms with Gasteiger partial charge in [0.1, 0.15) is 11.2 Å². The molecule has 23 heavy (non-hydrogen) atoms. The summed E-state index contributed by atoms with van der Waals surface area (Å²) >= 11 is 7.13. The van der Waals surface area contributed by atoms with Crippen LogP contribution in [0.3, 0.4) is 0 Å². The molecule has 124 valence electrons. The summed E-state index contributed by atoms with van der Waals surface area (Å²) in [5, 5.41) is 9.53. The van der Waals surface area contributed by atoms with Crippen molar-refractivity contribution >= 4 is 45.0 Å². The predicted octanol–water partition coefficient (Wildman–Crippen LogP) is 1.44. The van der Waals surface area contributed by atoms with Crippen LogP contribution in [0.4, 0.5) is 5.69 Å². The molecule has 0 aliphatic heterocycles. The number of nitrogens with one attached hydrogen (secondary N) is 2. The maximum Gasteiger partial charge on any atom is 0.244 e. The number of H-pyrrole nitrogens is 1. The summed E-state index contributed by atoms with van der Waals surface area (Å²) < 4.78 is 25.4. The van der Waals surface area contributed by atoms with Gasteiger partial charge in [-0.1, -0.05) is 23.4 Å². The highest BCUT2D eigenvalue weighted by atomic mass is 35.5. The molecular weight excluding hydrogens is 362 g/mol. The lowest BCUT2D eigenvalue weighted by atomic mass is 10.3. The molecule has 0 saturated carbocycles. The van der Waals surface area contributed by atoms with Gasteiger partial charge in [-0.2, -0.15) is 5.10 Å². The van der Waals surface area contributed by atoms with E-state index in [0.717, 1.165) is 4.31 Å². The SMILES string of the molecule is CN(C)S(=O)(=O)c1cc(NC(=O)CSc2ncn[nH]2)ccc1Cl. The number of carbonyl (C=O) groups excluding carboxylic acids is 1. The lowest BCUT2D eigenvalue weighted by Gasteiger charge is -2.14. The standard InChI is InChI=1S/C12H14ClN5O3S2/c1-18(2)23(20,21)10-5-8(3-4-9(10)13)16-11(19)6-22-12-14-7-15-17-12/h3-5,7H,6H2,1-2H3,(H,16,19)(H,14,15,17). The van der Waals surface area contributed by atoms with E-state index in [9.17, 15) is 13.2 Å². The van der Waals surface area contributed by atoms with Crippen LogP contribution in [-0.4, -0.2) is 53.7 Å². The van der Waals surface area contributed by atoms with Crippen LogP contribution >= 0.6 is 23.4 Å². The number of benzene rings is 1. The molecule has 2 N–H and O–H groups in total. The highest BCUT2D eigenvalue weighted by molar-refractivity contribution is 7.99. The van der Waals surface area contributed by atoms with Crippen LogP contribution in [0, 0.1) is 0 Å².